The summed E-state index contributed by atoms with van der Waals surface area (Å²) in [5.74, 6) is 1.86. The lowest BCUT2D eigenvalue weighted by Crippen LogP contribution is -2.43. The molecule has 1 aromatic rings. The predicted octanol–water partition coefficient (Wildman–Crippen LogP) is 5.10. The van der Waals surface area contributed by atoms with Crippen LogP contribution in [0.5, 0.6) is 0 Å². The van der Waals surface area contributed by atoms with Crippen molar-refractivity contribution in [3.8, 4) is 0 Å². The van der Waals surface area contributed by atoms with Crippen LogP contribution in [0.4, 0.5) is 0 Å². The van der Waals surface area contributed by atoms with E-state index in [4.69, 9.17) is 0 Å². The lowest BCUT2D eigenvalue weighted by molar-refractivity contribution is -0.135. The molecule has 0 bridgehead atoms. The van der Waals surface area contributed by atoms with Crippen LogP contribution in [0.25, 0.3) is 0 Å². The maximum absolute atomic E-state index is 13.4. The summed E-state index contributed by atoms with van der Waals surface area (Å²) >= 11 is 0. The number of carbonyl (C=O) groups excluding carboxylic acids is 1. The number of nitrogens with zero attached hydrogens (tertiary/aromatic N) is 1. The fourth-order valence-corrected chi connectivity index (χ4v) is 4.18. The van der Waals surface area contributed by atoms with Crippen molar-refractivity contribution in [2.45, 2.75) is 65.8 Å². The quantitative estimate of drug-likeness (QED) is 0.715. The average molecular weight is 316 g/mol. The Bertz CT molecular complexity index is 496. The molecular formula is C21H33NO. The van der Waals surface area contributed by atoms with Crippen molar-refractivity contribution in [1.82, 2.24) is 4.90 Å². The van der Waals surface area contributed by atoms with Gasteiger partial charge in [0.05, 0.1) is 5.92 Å². The Morgan fingerprint density at radius 3 is 2.43 bits per heavy atom. The molecule has 3 unspecified atom stereocenters. The van der Waals surface area contributed by atoms with Gasteiger partial charge in [0.15, 0.2) is 0 Å². The minimum absolute atomic E-state index is 0.0159. The Labute approximate surface area is 142 Å². The molecule has 2 rings (SSSR count). The van der Waals surface area contributed by atoms with Crippen molar-refractivity contribution >= 4 is 5.91 Å². The molecule has 0 saturated carbocycles. The van der Waals surface area contributed by atoms with E-state index in [-0.39, 0.29) is 5.92 Å². The van der Waals surface area contributed by atoms with Crippen molar-refractivity contribution in [2.24, 2.45) is 17.8 Å². The fraction of sp³-hybridized carbons (Fsp3) is 0.667. The molecule has 1 aliphatic rings. The van der Waals surface area contributed by atoms with E-state index in [1.165, 1.54) is 12.8 Å². The number of carbonyl (C=O) groups is 1. The van der Waals surface area contributed by atoms with Gasteiger partial charge in [-0.25, -0.2) is 0 Å². The highest BCUT2D eigenvalue weighted by molar-refractivity contribution is 5.84. The van der Waals surface area contributed by atoms with Crippen LogP contribution in [0.15, 0.2) is 30.3 Å². The lowest BCUT2D eigenvalue weighted by atomic mass is 9.86. The molecule has 1 heterocycles. The zero-order valence-electron chi connectivity index (χ0n) is 15.5. The molecule has 128 valence electrons. The van der Waals surface area contributed by atoms with Crippen LogP contribution in [0.1, 0.15) is 65.4 Å². The van der Waals surface area contributed by atoms with Gasteiger partial charge < -0.3 is 4.90 Å². The maximum atomic E-state index is 13.4. The summed E-state index contributed by atoms with van der Waals surface area (Å²) in [6.07, 6.45) is 3.56. The second-order valence-electron chi connectivity index (χ2n) is 7.80. The molecule has 1 saturated heterocycles. The third kappa shape index (κ3) is 4.16. The third-order valence-electron chi connectivity index (χ3n) is 5.33. The van der Waals surface area contributed by atoms with E-state index >= 15 is 0 Å². The molecule has 23 heavy (non-hydrogen) atoms. The normalized spacial score (nSPS) is 24.0. The Morgan fingerprint density at radius 1 is 1.22 bits per heavy atom. The van der Waals surface area contributed by atoms with Crippen LogP contribution in [-0.2, 0) is 4.79 Å². The fourth-order valence-electron chi connectivity index (χ4n) is 4.18. The third-order valence-corrected chi connectivity index (χ3v) is 5.33. The largest absolute Gasteiger partial charge is 0.339 e. The van der Waals surface area contributed by atoms with Gasteiger partial charge in [-0.15, -0.1) is 0 Å². The molecule has 1 aromatic carbocycles. The van der Waals surface area contributed by atoms with Gasteiger partial charge >= 0.3 is 0 Å². The molecule has 4 atom stereocenters. The molecule has 0 aromatic heterocycles. The zero-order valence-corrected chi connectivity index (χ0v) is 15.5. The van der Waals surface area contributed by atoms with E-state index in [2.05, 4.69) is 51.7 Å². The summed E-state index contributed by atoms with van der Waals surface area (Å²) < 4.78 is 0. The standard InChI is InChI=1S/C21H33NO/c1-6-10-17(5)19-13-16(4)14-22(19)21(23)20(15(2)3)18-11-8-7-9-12-18/h7-9,11-12,15-17,19-20H,6,10,13-14H2,1-5H3/t16?,17?,19-,20?/m0/s1. The first-order valence-corrected chi connectivity index (χ1v) is 9.31. The minimum atomic E-state index is -0.0159. The van der Waals surface area contributed by atoms with E-state index in [0.29, 0.717) is 29.7 Å². The van der Waals surface area contributed by atoms with Gasteiger partial charge in [-0.05, 0) is 36.2 Å². The molecule has 0 spiro atoms. The summed E-state index contributed by atoms with van der Waals surface area (Å²) in [7, 11) is 0. The van der Waals surface area contributed by atoms with Crippen molar-refractivity contribution in [3.05, 3.63) is 35.9 Å². The first kappa shape index (κ1) is 18.0. The van der Waals surface area contributed by atoms with Crippen LogP contribution < -0.4 is 0 Å². The predicted molar refractivity (Wildman–Crippen MR) is 97.4 cm³/mol. The van der Waals surface area contributed by atoms with E-state index in [9.17, 15) is 4.79 Å². The molecule has 0 aliphatic carbocycles. The number of benzene rings is 1. The highest BCUT2D eigenvalue weighted by Gasteiger charge is 2.39. The number of hydrogen-bond acceptors (Lipinski definition) is 1. The van der Waals surface area contributed by atoms with Crippen molar-refractivity contribution < 1.29 is 4.79 Å². The molecular weight excluding hydrogens is 282 g/mol. The topological polar surface area (TPSA) is 20.3 Å². The average Bonchev–Trinajstić information content (AvgIpc) is 2.90. The number of rotatable bonds is 6. The van der Waals surface area contributed by atoms with Crippen LogP contribution in [0.2, 0.25) is 0 Å². The second kappa shape index (κ2) is 7.99. The van der Waals surface area contributed by atoms with E-state index in [0.717, 1.165) is 18.5 Å². The number of likely N-dealkylation sites (tertiary alicyclic amines) is 1. The Balaban J connectivity index is 2.24. The number of hydrogen-bond donors (Lipinski definition) is 0. The lowest BCUT2D eigenvalue weighted by Gasteiger charge is -2.34. The van der Waals surface area contributed by atoms with Crippen molar-refractivity contribution in [2.75, 3.05) is 6.54 Å². The van der Waals surface area contributed by atoms with Gasteiger partial charge in [-0.3, -0.25) is 4.79 Å². The van der Waals surface area contributed by atoms with Gasteiger partial charge in [0.2, 0.25) is 5.91 Å². The summed E-state index contributed by atoms with van der Waals surface area (Å²) in [6.45, 7) is 12.1. The highest BCUT2D eigenvalue weighted by atomic mass is 16.2. The van der Waals surface area contributed by atoms with Crippen molar-refractivity contribution in [1.29, 1.82) is 0 Å². The first-order valence-electron chi connectivity index (χ1n) is 9.31. The number of amides is 1. The van der Waals surface area contributed by atoms with Crippen LogP contribution in [0.3, 0.4) is 0 Å². The Morgan fingerprint density at radius 2 is 1.87 bits per heavy atom. The molecule has 2 heteroatoms. The van der Waals surface area contributed by atoms with Crippen LogP contribution in [-0.4, -0.2) is 23.4 Å². The molecule has 1 aliphatic heterocycles. The van der Waals surface area contributed by atoms with Gasteiger partial charge in [0, 0.05) is 12.6 Å². The molecule has 1 amide bonds. The van der Waals surface area contributed by atoms with Gasteiger partial charge in [-0.1, -0.05) is 71.4 Å². The van der Waals surface area contributed by atoms with E-state index in [1.807, 2.05) is 18.2 Å². The van der Waals surface area contributed by atoms with E-state index in [1.54, 1.807) is 0 Å². The summed E-state index contributed by atoms with van der Waals surface area (Å²) in [6, 6.07) is 10.7. The highest BCUT2D eigenvalue weighted by Crippen LogP contribution is 2.35. The minimum Gasteiger partial charge on any atom is -0.339 e. The van der Waals surface area contributed by atoms with Gasteiger partial charge in [0.1, 0.15) is 0 Å². The molecule has 0 radical (unpaired) electrons. The summed E-state index contributed by atoms with van der Waals surface area (Å²) in [5, 5.41) is 0. The maximum Gasteiger partial charge on any atom is 0.230 e. The second-order valence-corrected chi connectivity index (χ2v) is 7.80. The van der Waals surface area contributed by atoms with E-state index < -0.39 is 0 Å². The molecule has 2 nitrogen and oxygen atoms in total. The Kier molecular flexibility index (Phi) is 6.26. The van der Waals surface area contributed by atoms with Gasteiger partial charge in [0.25, 0.3) is 0 Å². The summed E-state index contributed by atoms with van der Waals surface area (Å²) in [5.41, 5.74) is 1.16. The monoisotopic (exact) mass is 315 g/mol. The zero-order chi connectivity index (χ0) is 17.0. The molecule has 0 N–H and O–H groups in total. The van der Waals surface area contributed by atoms with Crippen LogP contribution >= 0.6 is 0 Å². The SMILES string of the molecule is CCCC(C)[C@@H]1CC(C)CN1C(=O)C(c1ccccc1)C(C)C. The van der Waals surface area contributed by atoms with Crippen molar-refractivity contribution in [3.63, 3.8) is 0 Å². The van der Waals surface area contributed by atoms with Crippen LogP contribution in [0, 0.1) is 17.8 Å². The summed E-state index contributed by atoms with van der Waals surface area (Å²) in [4.78, 5) is 15.6. The molecule has 1 fully saturated rings. The smallest absolute Gasteiger partial charge is 0.230 e. The van der Waals surface area contributed by atoms with Gasteiger partial charge in [-0.2, -0.15) is 0 Å². The Hall–Kier alpha value is -1.31. The first-order chi connectivity index (χ1) is 11.0.